The summed E-state index contributed by atoms with van der Waals surface area (Å²) in [6.07, 6.45) is 0. The van der Waals surface area contributed by atoms with Crippen molar-refractivity contribution in [1.29, 1.82) is 0 Å². The molecule has 1 saturated heterocycles. The Bertz CT molecular complexity index is 613. The van der Waals surface area contributed by atoms with Gasteiger partial charge in [0.1, 0.15) is 0 Å². The second-order valence-corrected chi connectivity index (χ2v) is 7.85. The van der Waals surface area contributed by atoms with Crippen LogP contribution in [-0.4, -0.2) is 64.1 Å². The van der Waals surface area contributed by atoms with Crippen molar-refractivity contribution in [2.45, 2.75) is 18.1 Å². The number of rotatable bonds is 4. The Kier molecular flexibility index (Phi) is 4.23. The van der Waals surface area contributed by atoms with Gasteiger partial charge in [-0.3, -0.25) is 9.36 Å². The van der Waals surface area contributed by atoms with Gasteiger partial charge in [-0.15, -0.1) is 10.2 Å². The number of nitrogens with zero attached hydrogens (tertiary/aromatic N) is 4. The molecule has 1 aromatic rings. The van der Waals surface area contributed by atoms with E-state index in [1.807, 2.05) is 11.8 Å². The molecule has 1 N–H and O–H groups in total. The Hall–Kier alpha value is -1.29. The van der Waals surface area contributed by atoms with Crippen molar-refractivity contribution in [3.63, 3.8) is 0 Å². The van der Waals surface area contributed by atoms with Gasteiger partial charge >= 0.3 is 5.97 Å². The van der Waals surface area contributed by atoms with Crippen LogP contribution >= 0.6 is 11.8 Å². The smallest absolute Gasteiger partial charge is 0.313 e. The summed E-state index contributed by atoms with van der Waals surface area (Å²) < 4.78 is 24.8. The summed E-state index contributed by atoms with van der Waals surface area (Å²) in [4.78, 5) is 12.4. The average molecular weight is 320 g/mol. The third-order valence-electron chi connectivity index (χ3n) is 3.06. The minimum Gasteiger partial charge on any atom is -0.481 e. The topological polar surface area (TPSA) is 105 Å². The highest BCUT2D eigenvalue weighted by molar-refractivity contribution is 7.99. The number of aliphatic carboxylic acids is 1. The molecule has 20 heavy (non-hydrogen) atoms. The van der Waals surface area contributed by atoms with Crippen LogP contribution in [0.5, 0.6) is 0 Å². The Morgan fingerprint density at radius 1 is 1.50 bits per heavy atom. The third kappa shape index (κ3) is 3.23. The minimum absolute atomic E-state index is 0.0874. The summed E-state index contributed by atoms with van der Waals surface area (Å²) >= 11 is 1.09. The number of thioether (sulfide) groups is 1. The van der Waals surface area contributed by atoms with Crippen molar-refractivity contribution in [3.05, 3.63) is 0 Å². The number of carboxylic acid groups (broad SMARTS) is 1. The van der Waals surface area contributed by atoms with E-state index in [0.29, 0.717) is 17.6 Å². The van der Waals surface area contributed by atoms with E-state index in [0.717, 1.165) is 11.8 Å². The van der Waals surface area contributed by atoms with Gasteiger partial charge in [-0.1, -0.05) is 11.8 Å². The van der Waals surface area contributed by atoms with Crippen molar-refractivity contribution < 1.29 is 18.3 Å². The van der Waals surface area contributed by atoms with Crippen molar-refractivity contribution >= 4 is 33.5 Å². The molecule has 10 heteroatoms. The zero-order chi connectivity index (χ0) is 14.9. The van der Waals surface area contributed by atoms with E-state index in [9.17, 15) is 13.2 Å². The summed E-state index contributed by atoms with van der Waals surface area (Å²) in [5.41, 5.74) is 0. The first-order chi connectivity index (χ1) is 9.30. The number of carboxylic acids is 1. The zero-order valence-corrected chi connectivity index (χ0v) is 12.8. The molecular formula is C10H16N4O4S2. The summed E-state index contributed by atoms with van der Waals surface area (Å²) in [5.74, 6) is -0.243. The van der Waals surface area contributed by atoms with Crippen LogP contribution in [0.3, 0.4) is 0 Å². The Balaban J connectivity index is 2.16. The molecule has 1 unspecified atom stereocenters. The van der Waals surface area contributed by atoms with Gasteiger partial charge in [0.05, 0.1) is 17.3 Å². The molecule has 112 valence electrons. The predicted octanol–water partition coefficient (Wildman–Crippen LogP) is -0.385. The number of hydrogen-bond donors (Lipinski definition) is 1. The second kappa shape index (κ2) is 5.60. The largest absolute Gasteiger partial charge is 0.481 e. The van der Waals surface area contributed by atoms with Gasteiger partial charge in [-0.25, -0.2) is 8.42 Å². The van der Waals surface area contributed by atoms with Crippen LogP contribution in [-0.2, 0) is 21.7 Å². The SMILES string of the molecule is CC1CS(=O)(=O)CCN1c1nnc(SCC(=O)O)n1C. The summed E-state index contributed by atoms with van der Waals surface area (Å²) in [5, 5.41) is 17.2. The van der Waals surface area contributed by atoms with Gasteiger partial charge in [0.2, 0.25) is 5.95 Å². The molecule has 0 aromatic carbocycles. The van der Waals surface area contributed by atoms with E-state index in [1.54, 1.807) is 11.6 Å². The quantitative estimate of drug-likeness (QED) is 0.748. The fourth-order valence-corrected chi connectivity index (χ4v) is 4.29. The van der Waals surface area contributed by atoms with Crippen molar-refractivity contribution in [3.8, 4) is 0 Å². The Morgan fingerprint density at radius 3 is 2.80 bits per heavy atom. The van der Waals surface area contributed by atoms with Crippen molar-refractivity contribution in [2.75, 3.05) is 28.7 Å². The molecule has 0 aliphatic carbocycles. The second-order valence-electron chi connectivity index (χ2n) is 4.68. The lowest BCUT2D eigenvalue weighted by molar-refractivity contribution is -0.133. The van der Waals surface area contributed by atoms with E-state index in [2.05, 4.69) is 10.2 Å². The maximum absolute atomic E-state index is 11.6. The van der Waals surface area contributed by atoms with E-state index < -0.39 is 15.8 Å². The molecule has 8 nitrogen and oxygen atoms in total. The molecule has 0 bridgehead atoms. The lowest BCUT2D eigenvalue weighted by Gasteiger charge is -2.33. The molecule has 2 rings (SSSR count). The van der Waals surface area contributed by atoms with Gasteiger partial charge in [0.15, 0.2) is 15.0 Å². The normalized spacial score (nSPS) is 21.9. The van der Waals surface area contributed by atoms with Crippen LogP contribution in [0.2, 0.25) is 0 Å². The van der Waals surface area contributed by atoms with Crippen molar-refractivity contribution in [2.24, 2.45) is 7.05 Å². The highest BCUT2D eigenvalue weighted by Crippen LogP contribution is 2.23. The number of anilines is 1. The molecule has 0 saturated carbocycles. The molecule has 1 aromatic heterocycles. The summed E-state index contributed by atoms with van der Waals surface area (Å²) in [6.45, 7) is 2.20. The predicted molar refractivity (Wildman–Crippen MR) is 74.8 cm³/mol. The first-order valence-electron chi connectivity index (χ1n) is 6.01. The lowest BCUT2D eigenvalue weighted by Crippen LogP contribution is -2.48. The van der Waals surface area contributed by atoms with E-state index >= 15 is 0 Å². The van der Waals surface area contributed by atoms with Crippen LogP contribution in [0.4, 0.5) is 5.95 Å². The maximum Gasteiger partial charge on any atom is 0.313 e. The molecular weight excluding hydrogens is 304 g/mol. The zero-order valence-electron chi connectivity index (χ0n) is 11.2. The summed E-state index contributed by atoms with van der Waals surface area (Å²) in [6, 6.07) is -0.172. The fourth-order valence-electron chi connectivity index (χ4n) is 2.11. The van der Waals surface area contributed by atoms with Gasteiger partial charge in [-0.2, -0.15) is 0 Å². The lowest BCUT2D eigenvalue weighted by atomic mass is 10.3. The molecule has 0 spiro atoms. The molecule has 0 radical (unpaired) electrons. The van der Waals surface area contributed by atoms with Crippen LogP contribution < -0.4 is 4.90 Å². The monoisotopic (exact) mass is 320 g/mol. The Morgan fingerprint density at radius 2 is 2.20 bits per heavy atom. The van der Waals surface area contributed by atoms with Gasteiger partial charge < -0.3 is 10.0 Å². The van der Waals surface area contributed by atoms with E-state index in [4.69, 9.17) is 5.11 Å². The first-order valence-corrected chi connectivity index (χ1v) is 8.82. The highest BCUT2D eigenvalue weighted by Gasteiger charge is 2.31. The third-order valence-corrected chi connectivity index (χ3v) is 5.86. The van der Waals surface area contributed by atoms with E-state index in [-0.39, 0.29) is 23.3 Å². The van der Waals surface area contributed by atoms with Crippen LogP contribution in [0, 0.1) is 0 Å². The van der Waals surface area contributed by atoms with Crippen molar-refractivity contribution in [1.82, 2.24) is 14.8 Å². The van der Waals surface area contributed by atoms with Gasteiger partial charge in [-0.05, 0) is 6.92 Å². The van der Waals surface area contributed by atoms with Gasteiger partial charge in [0, 0.05) is 19.6 Å². The maximum atomic E-state index is 11.6. The molecule has 1 fully saturated rings. The summed E-state index contributed by atoms with van der Waals surface area (Å²) in [7, 11) is -1.24. The number of aromatic nitrogens is 3. The first kappa shape index (κ1) is 15.1. The molecule has 1 aliphatic heterocycles. The molecule has 0 amide bonds. The standard InChI is InChI=1S/C10H16N4O4S2/c1-7-6-20(17,18)4-3-14(7)9-11-12-10(13(9)2)19-5-8(15)16/h7H,3-6H2,1-2H3,(H,15,16). The van der Waals surface area contributed by atoms with Crippen LogP contribution in [0.15, 0.2) is 5.16 Å². The average Bonchev–Trinajstić information content (AvgIpc) is 2.67. The number of carbonyl (C=O) groups is 1. The molecule has 1 aliphatic rings. The minimum atomic E-state index is -2.98. The van der Waals surface area contributed by atoms with E-state index in [1.165, 1.54) is 0 Å². The number of sulfone groups is 1. The van der Waals surface area contributed by atoms with Gasteiger partial charge in [0.25, 0.3) is 0 Å². The number of hydrogen-bond acceptors (Lipinski definition) is 7. The fraction of sp³-hybridized carbons (Fsp3) is 0.700. The molecule has 2 heterocycles. The molecule has 1 atom stereocenters. The highest BCUT2D eigenvalue weighted by atomic mass is 32.2. The Labute approximate surface area is 121 Å². The van der Waals surface area contributed by atoms with Crippen LogP contribution in [0.1, 0.15) is 6.92 Å². The van der Waals surface area contributed by atoms with Crippen LogP contribution in [0.25, 0.3) is 0 Å².